The summed E-state index contributed by atoms with van der Waals surface area (Å²) in [5.41, 5.74) is 7.56. The minimum Gasteiger partial charge on any atom is -0.491 e. The molecule has 0 unspecified atom stereocenters. The SMILES string of the molecule is Cc1ccn(-c2cc(-c3ccc(OC(C)C)cc3)ccc2[C@@H](Oc2cc(N3CCC4(CC3)CN[C@H](C(=O)OC(C)(C)C)C4)nc(N)n2)C(F)(F)F)n1. The number of anilines is 2. The van der Waals surface area contributed by atoms with Crippen LogP contribution in [0.15, 0.2) is 60.8 Å². The zero-order valence-electron chi connectivity index (χ0n) is 30.3. The van der Waals surface area contributed by atoms with Crippen molar-refractivity contribution >= 4 is 17.7 Å². The van der Waals surface area contributed by atoms with Crippen LogP contribution < -0.4 is 25.4 Å². The first-order chi connectivity index (χ1) is 24.5. The van der Waals surface area contributed by atoms with Gasteiger partial charge < -0.3 is 30.2 Å². The standard InChI is InChI=1S/C38H46F3N7O4/c1-23(2)50-27-10-7-25(8-11-27)26-9-12-28(30(19-26)48-16-13-24(3)46-48)33(38(39,40)41)51-32-20-31(44-35(42)45-32)47-17-14-37(15-18-47)21-29(43-22-37)34(49)52-36(4,5)6/h7-13,16,19-20,23,29,33,43H,14-15,17-18,21-22H2,1-6H3,(H2,42,44,45)/t29-,33+/m0/s1. The second kappa shape index (κ2) is 14.3. The van der Waals surface area contributed by atoms with E-state index in [0.29, 0.717) is 48.9 Å². The van der Waals surface area contributed by atoms with Gasteiger partial charge in [0.05, 0.1) is 17.5 Å². The molecule has 2 aromatic heterocycles. The molecule has 2 aliphatic rings. The van der Waals surface area contributed by atoms with E-state index >= 15 is 0 Å². The number of carbonyl (C=O) groups excluding carboxylic acids is 1. The highest BCUT2D eigenvalue weighted by Gasteiger charge is 2.46. The number of nitrogens with two attached hydrogens (primary N) is 1. The molecule has 4 heterocycles. The number of hydrogen-bond donors (Lipinski definition) is 2. The molecular weight excluding hydrogens is 675 g/mol. The predicted molar refractivity (Wildman–Crippen MR) is 192 cm³/mol. The van der Waals surface area contributed by atoms with Gasteiger partial charge in [0.15, 0.2) is 0 Å². The van der Waals surface area contributed by atoms with E-state index in [9.17, 15) is 18.0 Å². The molecule has 2 aromatic carbocycles. The van der Waals surface area contributed by atoms with Crippen LogP contribution >= 0.6 is 0 Å². The van der Waals surface area contributed by atoms with Crippen molar-refractivity contribution in [3.05, 3.63) is 72.1 Å². The number of benzene rings is 2. The summed E-state index contributed by atoms with van der Waals surface area (Å²) in [6.45, 7) is 13.0. The number of alkyl halides is 3. The van der Waals surface area contributed by atoms with Crippen LogP contribution in [0, 0.1) is 12.3 Å². The normalized spacial score (nSPS) is 18.1. The molecule has 0 saturated carbocycles. The average Bonchev–Trinajstić information content (AvgIpc) is 3.69. The first kappa shape index (κ1) is 36.9. The van der Waals surface area contributed by atoms with Crippen LogP contribution in [0.5, 0.6) is 11.6 Å². The Morgan fingerprint density at radius 1 is 0.981 bits per heavy atom. The van der Waals surface area contributed by atoms with Crippen molar-refractivity contribution in [2.75, 3.05) is 30.3 Å². The van der Waals surface area contributed by atoms with E-state index in [-0.39, 0.29) is 46.6 Å². The Morgan fingerprint density at radius 3 is 2.29 bits per heavy atom. The first-order valence-corrected chi connectivity index (χ1v) is 17.5. The fraction of sp³-hybridized carbons (Fsp3) is 0.474. The summed E-state index contributed by atoms with van der Waals surface area (Å²) in [6, 6.07) is 14.8. The lowest BCUT2D eigenvalue weighted by molar-refractivity contribution is -0.198. The van der Waals surface area contributed by atoms with Crippen molar-refractivity contribution in [3.8, 4) is 28.4 Å². The fourth-order valence-corrected chi connectivity index (χ4v) is 6.82. The molecule has 2 aliphatic heterocycles. The number of aromatic nitrogens is 4. The highest BCUT2D eigenvalue weighted by molar-refractivity contribution is 5.76. The zero-order chi connectivity index (χ0) is 37.4. The van der Waals surface area contributed by atoms with Gasteiger partial charge in [-0.25, -0.2) is 4.68 Å². The third kappa shape index (κ3) is 8.60. The molecule has 0 bridgehead atoms. The molecule has 2 saturated heterocycles. The molecule has 2 atom stereocenters. The predicted octanol–water partition coefficient (Wildman–Crippen LogP) is 6.98. The van der Waals surface area contributed by atoms with Gasteiger partial charge in [0, 0.05) is 37.5 Å². The molecule has 52 heavy (non-hydrogen) atoms. The lowest BCUT2D eigenvalue weighted by atomic mass is 9.76. The van der Waals surface area contributed by atoms with Crippen LogP contribution in [0.1, 0.15) is 71.2 Å². The van der Waals surface area contributed by atoms with Gasteiger partial charge in [-0.15, -0.1) is 0 Å². The minimum absolute atomic E-state index is 0.00205. The van der Waals surface area contributed by atoms with Gasteiger partial charge in [-0.1, -0.05) is 24.3 Å². The number of nitrogens with one attached hydrogen (secondary N) is 1. The first-order valence-electron chi connectivity index (χ1n) is 17.5. The largest absolute Gasteiger partial charge is 0.491 e. The van der Waals surface area contributed by atoms with Crippen LogP contribution in [-0.2, 0) is 9.53 Å². The van der Waals surface area contributed by atoms with Gasteiger partial charge in [-0.05, 0) is 102 Å². The third-order valence-corrected chi connectivity index (χ3v) is 9.28. The van der Waals surface area contributed by atoms with Crippen LogP contribution in [0.3, 0.4) is 0 Å². The van der Waals surface area contributed by atoms with E-state index < -0.39 is 17.9 Å². The van der Waals surface area contributed by atoms with Gasteiger partial charge in [0.2, 0.25) is 17.9 Å². The van der Waals surface area contributed by atoms with Crippen molar-refractivity contribution in [2.45, 2.75) is 90.8 Å². The summed E-state index contributed by atoms with van der Waals surface area (Å²) in [5.74, 6) is 0.298. The van der Waals surface area contributed by atoms with Crippen molar-refractivity contribution in [1.29, 1.82) is 0 Å². The molecule has 14 heteroatoms. The number of aryl methyl sites for hydroxylation is 1. The Labute approximate surface area is 301 Å². The Kier molecular flexibility index (Phi) is 10.1. The summed E-state index contributed by atoms with van der Waals surface area (Å²) in [6.07, 6.45) is -3.46. The Hall–Kier alpha value is -4.85. The van der Waals surface area contributed by atoms with Crippen molar-refractivity contribution < 1.29 is 32.2 Å². The number of hydrogen-bond acceptors (Lipinski definition) is 10. The number of nitrogens with zero attached hydrogens (tertiary/aromatic N) is 5. The maximum Gasteiger partial charge on any atom is 0.429 e. The monoisotopic (exact) mass is 721 g/mol. The topological polar surface area (TPSA) is 130 Å². The number of halogens is 3. The zero-order valence-corrected chi connectivity index (χ0v) is 30.3. The average molecular weight is 722 g/mol. The van der Waals surface area contributed by atoms with Crippen LogP contribution in [0.25, 0.3) is 16.8 Å². The summed E-state index contributed by atoms with van der Waals surface area (Å²) < 4.78 is 63.4. The smallest absolute Gasteiger partial charge is 0.429 e. The van der Waals surface area contributed by atoms with Crippen LogP contribution in [-0.4, -0.2) is 69.3 Å². The number of rotatable bonds is 9. The Bertz CT molecular complexity index is 1880. The van der Waals surface area contributed by atoms with Crippen LogP contribution in [0.2, 0.25) is 0 Å². The number of carbonyl (C=O) groups is 1. The molecule has 278 valence electrons. The second-order valence-electron chi connectivity index (χ2n) is 15.0. The summed E-state index contributed by atoms with van der Waals surface area (Å²) in [5, 5.41) is 7.76. The maximum atomic E-state index is 15.0. The van der Waals surface area contributed by atoms with Gasteiger partial charge in [-0.2, -0.15) is 28.2 Å². The minimum atomic E-state index is -4.83. The van der Waals surface area contributed by atoms with Gasteiger partial charge in [-0.3, -0.25) is 4.79 Å². The van der Waals surface area contributed by atoms with Crippen LogP contribution in [0.4, 0.5) is 24.9 Å². The number of esters is 1. The number of nitrogen functional groups attached to an aromatic ring is 1. The lowest BCUT2D eigenvalue weighted by Crippen LogP contribution is -2.41. The van der Waals surface area contributed by atoms with E-state index in [0.717, 1.165) is 18.4 Å². The highest BCUT2D eigenvalue weighted by Crippen LogP contribution is 2.43. The molecule has 2 fully saturated rings. The molecule has 4 aromatic rings. The summed E-state index contributed by atoms with van der Waals surface area (Å²) in [4.78, 5) is 23.1. The van der Waals surface area contributed by atoms with E-state index in [4.69, 9.17) is 19.9 Å². The van der Waals surface area contributed by atoms with E-state index in [1.54, 1.807) is 31.3 Å². The molecule has 0 amide bonds. The van der Waals surface area contributed by atoms with Gasteiger partial charge >= 0.3 is 12.1 Å². The molecule has 1 spiro atoms. The Morgan fingerprint density at radius 2 is 1.67 bits per heavy atom. The molecule has 3 N–H and O–H groups in total. The number of ether oxygens (including phenoxy) is 3. The third-order valence-electron chi connectivity index (χ3n) is 9.28. The van der Waals surface area contributed by atoms with E-state index in [2.05, 4.69) is 20.4 Å². The lowest BCUT2D eigenvalue weighted by Gasteiger charge is -2.39. The highest BCUT2D eigenvalue weighted by atomic mass is 19.4. The molecule has 0 aliphatic carbocycles. The summed E-state index contributed by atoms with van der Waals surface area (Å²) in [7, 11) is 0. The second-order valence-corrected chi connectivity index (χ2v) is 15.0. The molecule has 11 nitrogen and oxygen atoms in total. The van der Waals surface area contributed by atoms with Gasteiger partial charge in [0.1, 0.15) is 23.2 Å². The Balaban J connectivity index is 1.24. The quantitative estimate of drug-likeness (QED) is 0.175. The van der Waals surface area contributed by atoms with Crippen molar-refractivity contribution in [2.24, 2.45) is 5.41 Å². The fourth-order valence-electron chi connectivity index (χ4n) is 6.82. The maximum absolute atomic E-state index is 15.0. The molecule has 0 radical (unpaired) electrons. The van der Waals surface area contributed by atoms with Gasteiger partial charge in [0.25, 0.3) is 0 Å². The van der Waals surface area contributed by atoms with E-state index in [1.165, 1.54) is 16.8 Å². The van der Waals surface area contributed by atoms with Crippen molar-refractivity contribution in [3.63, 3.8) is 0 Å². The number of piperidine rings is 1. The van der Waals surface area contributed by atoms with E-state index in [1.807, 2.05) is 63.8 Å². The molecule has 6 rings (SSSR count). The van der Waals surface area contributed by atoms with Crippen molar-refractivity contribution in [1.82, 2.24) is 25.1 Å². The molecular formula is C38H46F3N7O4. The summed E-state index contributed by atoms with van der Waals surface area (Å²) >= 11 is 0.